The van der Waals surface area contributed by atoms with Gasteiger partial charge in [-0.25, -0.2) is 4.98 Å². The van der Waals surface area contributed by atoms with Crippen LogP contribution in [0.25, 0.3) is 0 Å². The van der Waals surface area contributed by atoms with E-state index in [1.54, 1.807) is 0 Å². The Hall–Kier alpha value is -0.900. The molecule has 1 fully saturated rings. The molecule has 19 heavy (non-hydrogen) atoms. The van der Waals surface area contributed by atoms with E-state index in [4.69, 9.17) is 4.98 Å². The summed E-state index contributed by atoms with van der Waals surface area (Å²) in [6.07, 6.45) is 6.35. The van der Waals surface area contributed by atoms with Crippen LogP contribution in [-0.4, -0.2) is 24.9 Å². The average Bonchev–Trinajstić information content (AvgIpc) is 2.95. The summed E-state index contributed by atoms with van der Waals surface area (Å²) in [5.74, 6) is 0.798. The van der Waals surface area contributed by atoms with Gasteiger partial charge in [0, 0.05) is 19.0 Å². The molecule has 1 aromatic rings. The van der Waals surface area contributed by atoms with Gasteiger partial charge in [0.25, 0.3) is 0 Å². The minimum Gasteiger partial charge on any atom is -0.351 e. The fraction of sp³-hybridized carbons (Fsp3) is 0.733. The summed E-state index contributed by atoms with van der Waals surface area (Å²) < 4.78 is 0. The highest BCUT2D eigenvalue weighted by molar-refractivity contribution is 7.17. The number of rotatable bonds is 4. The van der Waals surface area contributed by atoms with Gasteiger partial charge in [-0.3, -0.25) is 4.79 Å². The maximum Gasteiger partial charge on any atom is 0.185 e. The molecule has 1 saturated carbocycles. The van der Waals surface area contributed by atoms with Crippen LogP contribution in [0.5, 0.6) is 0 Å². The van der Waals surface area contributed by atoms with Crippen LogP contribution in [0.2, 0.25) is 0 Å². The van der Waals surface area contributed by atoms with Crippen molar-refractivity contribution < 1.29 is 4.79 Å². The van der Waals surface area contributed by atoms with Crippen LogP contribution >= 0.6 is 11.3 Å². The lowest BCUT2D eigenvalue weighted by Gasteiger charge is -2.20. The van der Waals surface area contributed by atoms with Crippen LogP contribution in [0.15, 0.2) is 0 Å². The third kappa shape index (κ3) is 3.35. The summed E-state index contributed by atoms with van der Waals surface area (Å²) in [6, 6.07) is 0. The maximum absolute atomic E-state index is 11.2. The monoisotopic (exact) mass is 280 g/mol. The SMILES string of the molecule is CN(CC1CCCC1)c1nc(C(C)(C)C)c(C=O)s1. The molecule has 0 aliphatic heterocycles. The lowest BCUT2D eigenvalue weighted by atomic mass is 9.91. The second-order valence-corrected chi connectivity index (χ2v) is 7.62. The summed E-state index contributed by atoms with van der Waals surface area (Å²) in [4.78, 5) is 18.9. The molecule has 106 valence electrons. The minimum absolute atomic E-state index is 0.0702. The summed E-state index contributed by atoms with van der Waals surface area (Å²) in [5.41, 5.74) is 0.861. The van der Waals surface area contributed by atoms with E-state index in [2.05, 4.69) is 32.7 Å². The molecule has 0 amide bonds. The van der Waals surface area contributed by atoms with Crippen LogP contribution in [-0.2, 0) is 5.41 Å². The Bertz CT molecular complexity index is 441. The van der Waals surface area contributed by atoms with Gasteiger partial charge in [-0.1, -0.05) is 44.9 Å². The quantitative estimate of drug-likeness (QED) is 0.785. The normalized spacial score (nSPS) is 16.8. The first-order valence-corrected chi connectivity index (χ1v) is 7.91. The van der Waals surface area contributed by atoms with Crippen LogP contribution in [0, 0.1) is 5.92 Å². The molecule has 1 aromatic heterocycles. The first-order chi connectivity index (χ1) is 8.91. The highest BCUT2D eigenvalue weighted by Gasteiger charge is 2.25. The van der Waals surface area contributed by atoms with Crippen molar-refractivity contribution >= 4 is 22.8 Å². The first kappa shape index (κ1) is 14.5. The van der Waals surface area contributed by atoms with E-state index in [-0.39, 0.29) is 5.41 Å². The second-order valence-electron chi connectivity index (χ2n) is 6.61. The van der Waals surface area contributed by atoms with Crippen molar-refractivity contribution in [2.45, 2.75) is 51.9 Å². The van der Waals surface area contributed by atoms with Gasteiger partial charge in [-0.15, -0.1) is 0 Å². The topological polar surface area (TPSA) is 33.2 Å². The fourth-order valence-corrected chi connectivity index (χ4v) is 3.82. The van der Waals surface area contributed by atoms with Crippen LogP contribution in [0.4, 0.5) is 5.13 Å². The number of hydrogen-bond donors (Lipinski definition) is 0. The summed E-state index contributed by atoms with van der Waals surface area (Å²) in [7, 11) is 2.10. The molecule has 0 radical (unpaired) electrons. The Kier molecular flexibility index (Phi) is 4.29. The van der Waals surface area contributed by atoms with Crippen molar-refractivity contribution in [3.05, 3.63) is 10.6 Å². The molecule has 0 N–H and O–H groups in total. The fourth-order valence-electron chi connectivity index (χ4n) is 2.76. The molecule has 0 saturated heterocycles. The van der Waals surface area contributed by atoms with E-state index >= 15 is 0 Å². The third-order valence-electron chi connectivity index (χ3n) is 3.79. The molecule has 3 nitrogen and oxygen atoms in total. The molecule has 0 atom stereocenters. The number of thiazole rings is 1. The van der Waals surface area contributed by atoms with Gasteiger partial charge in [0.1, 0.15) is 0 Å². The van der Waals surface area contributed by atoms with Crippen molar-refractivity contribution in [1.29, 1.82) is 0 Å². The molecular formula is C15H24N2OS. The number of hydrogen-bond acceptors (Lipinski definition) is 4. The number of anilines is 1. The molecule has 1 aliphatic carbocycles. The molecule has 0 bridgehead atoms. The number of carbonyl (C=O) groups excluding carboxylic acids is 1. The van der Waals surface area contributed by atoms with E-state index in [0.717, 1.165) is 34.5 Å². The molecule has 2 rings (SSSR count). The predicted molar refractivity (Wildman–Crippen MR) is 81.4 cm³/mol. The van der Waals surface area contributed by atoms with Crippen LogP contribution in [0.1, 0.15) is 61.8 Å². The molecule has 1 heterocycles. The largest absolute Gasteiger partial charge is 0.351 e. The standard InChI is InChI=1S/C15H24N2OS/c1-15(2,3)13-12(10-18)19-14(16-13)17(4)9-11-7-5-6-8-11/h10-11H,5-9H2,1-4H3. The number of carbonyl (C=O) groups is 1. The third-order valence-corrected chi connectivity index (χ3v) is 4.89. The second kappa shape index (κ2) is 5.61. The lowest BCUT2D eigenvalue weighted by Crippen LogP contribution is -2.24. The minimum atomic E-state index is -0.0702. The van der Waals surface area contributed by atoms with Crippen molar-refractivity contribution in [3.63, 3.8) is 0 Å². The van der Waals surface area contributed by atoms with Crippen LogP contribution < -0.4 is 4.90 Å². The summed E-state index contributed by atoms with van der Waals surface area (Å²) >= 11 is 1.52. The van der Waals surface area contributed by atoms with Gasteiger partial charge >= 0.3 is 0 Å². The Morgan fingerprint density at radius 2 is 2.00 bits per heavy atom. The highest BCUT2D eigenvalue weighted by Crippen LogP contribution is 2.33. The van der Waals surface area contributed by atoms with Gasteiger partial charge < -0.3 is 4.90 Å². The predicted octanol–water partition coefficient (Wildman–Crippen LogP) is 3.88. The van der Waals surface area contributed by atoms with E-state index in [1.807, 2.05) is 0 Å². The Morgan fingerprint density at radius 3 is 2.47 bits per heavy atom. The van der Waals surface area contributed by atoms with Gasteiger partial charge in [0.15, 0.2) is 11.4 Å². The zero-order valence-corrected chi connectivity index (χ0v) is 13.2. The number of nitrogens with zero attached hydrogens (tertiary/aromatic N) is 2. The molecule has 1 aliphatic rings. The Labute approximate surface area is 120 Å². The van der Waals surface area contributed by atoms with E-state index < -0.39 is 0 Å². The van der Waals surface area contributed by atoms with E-state index in [0.29, 0.717) is 0 Å². The zero-order chi connectivity index (χ0) is 14.0. The molecule has 4 heteroatoms. The number of aldehydes is 1. The average molecular weight is 280 g/mol. The molecule has 0 aromatic carbocycles. The van der Waals surface area contributed by atoms with Gasteiger partial charge in [-0.05, 0) is 18.8 Å². The lowest BCUT2D eigenvalue weighted by molar-refractivity contribution is 0.112. The van der Waals surface area contributed by atoms with Crippen molar-refractivity contribution in [1.82, 2.24) is 4.98 Å². The summed E-state index contributed by atoms with van der Waals surface area (Å²) in [5, 5.41) is 0.985. The van der Waals surface area contributed by atoms with Crippen LogP contribution in [0.3, 0.4) is 0 Å². The van der Waals surface area contributed by atoms with Gasteiger partial charge in [-0.2, -0.15) is 0 Å². The van der Waals surface area contributed by atoms with Crippen molar-refractivity contribution in [2.24, 2.45) is 5.92 Å². The smallest absolute Gasteiger partial charge is 0.185 e. The van der Waals surface area contributed by atoms with Gasteiger partial charge in [0.2, 0.25) is 0 Å². The maximum atomic E-state index is 11.2. The first-order valence-electron chi connectivity index (χ1n) is 7.09. The molecular weight excluding hydrogens is 256 g/mol. The molecule has 0 unspecified atom stereocenters. The Balaban J connectivity index is 2.15. The van der Waals surface area contributed by atoms with Gasteiger partial charge in [0.05, 0.1) is 10.6 Å². The van der Waals surface area contributed by atoms with E-state index in [1.165, 1.54) is 37.0 Å². The van der Waals surface area contributed by atoms with Crippen molar-refractivity contribution in [2.75, 3.05) is 18.5 Å². The highest BCUT2D eigenvalue weighted by atomic mass is 32.1. The Morgan fingerprint density at radius 1 is 1.37 bits per heavy atom. The zero-order valence-electron chi connectivity index (χ0n) is 12.4. The van der Waals surface area contributed by atoms with E-state index in [9.17, 15) is 4.79 Å². The van der Waals surface area contributed by atoms with Crippen molar-refractivity contribution in [3.8, 4) is 0 Å². The summed E-state index contributed by atoms with van der Waals surface area (Å²) in [6.45, 7) is 7.39. The molecule has 0 spiro atoms. The number of aromatic nitrogens is 1.